The zero-order chi connectivity index (χ0) is 14.8. The molecule has 21 heavy (non-hydrogen) atoms. The van der Waals surface area contributed by atoms with E-state index in [2.05, 4.69) is 33.6 Å². The topological polar surface area (TPSA) is 42.8 Å². The number of methoxy groups -OCH3 is 1. The van der Waals surface area contributed by atoms with E-state index in [1.165, 1.54) is 5.56 Å². The number of aromatic amines is 1. The Kier molecular flexibility index (Phi) is 3.75. The summed E-state index contributed by atoms with van der Waals surface area (Å²) in [6, 6.07) is 14.3. The minimum Gasteiger partial charge on any atom is -0.481 e. The van der Waals surface area contributed by atoms with Crippen LogP contribution in [0.4, 0.5) is 0 Å². The molecule has 0 bridgehead atoms. The highest BCUT2D eigenvalue weighted by Crippen LogP contribution is 2.27. The molecule has 1 aromatic carbocycles. The van der Waals surface area contributed by atoms with Gasteiger partial charge in [-0.2, -0.15) is 4.98 Å². The van der Waals surface area contributed by atoms with Gasteiger partial charge in [-0.25, -0.2) is 0 Å². The van der Waals surface area contributed by atoms with Crippen LogP contribution in [0.5, 0.6) is 5.88 Å². The van der Waals surface area contributed by atoms with Gasteiger partial charge in [0, 0.05) is 6.07 Å². The van der Waals surface area contributed by atoms with Gasteiger partial charge in [-0.3, -0.25) is 4.57 Å². The highest BCUT2D eigenvalue weighted by Gasteiger charge is 2.17. The molecule has 0 aliphatic rings. The molecule has 0 aliphatic heterocycles. The second-order valence-corrected chi connectivity index (χ2v) is 5.25. The Morgan fingerprint density at radius 3 is 2.67 bits per heavy atom. The van der Waals surface area contributed by atoms with Gasteiger partial charge >= 0.3 is 0 Å². The number of nitrogens with one attached hydrogen (secondary N) is 1. The lowest BCUT2D eigenvalue weighted by atomic mass is 10.0. The van der Waals surface area contributed by atoms with Gasteiger partial charge < -0.3 is 9.72 Å². The Morgan fingerprint density at radius 2 is 2.00 bits per heavy atom. The predicted molar refractivity (Wildman–Crippen MR) is 86.3 cm³/mol. The summed E-state index contributed by atoms with van der Waals surface area (Å²) in [4.78, 5) is 7.77. The van der Waals surface area contributed by atoms with Crippen molar-refractivity contribution in [2.45, 2.75) is 19.4 Å². The summed E-state index contributed by atoms with van der Waals surface area (Å²) in [5, 5.41) is 0. The molecule has 4 nitrogen and oxygen atoms in total. The quantitative estimate of drug-likeness (QED) is 0.737. The molecule has 0 amide bonds. The summed E-state index contributed by atoms with van der Waals surface area (Å²) in [7, 11) is 1.62. The van der Waals surface area contributed by atoms with E-state index in [0.717, 1.165) is 17.6 Å². The molecule has 0 aliphatic carbocycles. The van der Waals surface area contributed by atoms with Crippen LogP contribution in [0.1, 0.15) is 24.9 Å². The Morgan fingerprint density at radius 1 is 1.24 bits per heavy atom. The number of aromatic nitrogens is 3. The third-order valence-corrected chi connectivity index (χ3v) is 3.93. The van der Waals surface area contributed by atoms with Gasteiger partial charge in [0.05, 0.1) is 18.7 Å². The van der Waals surface area contributed by atoms with Crippen LogP contribution >= 0.6 is 12.2 Å². The lowest BCUT2D eigenvalue weighted by Crippen LogP contribution is -2.10. The number of nitrogens with zero attached hydrogens (tertiary/aromatic N) is 2. The molecule has 1 unspecified atom stereocenters. The number of fused-ring (bicyclic) bond motifs is 1. The first-order valence-corrected chi connectivity index (χ1v) is 7.35. The van der Waals surface area contributed by atoms with Crippen molar-refractivity contribution < 1.29 is 4.74 Å². The molecule has 1 atom stereocenters. The average Bonchev–Trinajstić information content (AvgIpc) is 2.85. The van der Waals surface area contributed by atoms with Gasteiger partial charge in [0.25, 0.3) is 0 Å². The van der Waals surface area contributed by atoms with E-state index in [-0.39, 0.29) is 6.04 Å². The van der Waals surface area contributed by atoms with Gasteiger partial charge in [0.2, 0.25) is 5.88 Å². The fourth-order valence-corrected chi connectivity index (χ4v) is 2.95. The summed E-state index contributed by atoms with van der Waals surface area (Å²) in [5.74, 6) is 0.591. The maximum atomic E-state index is 5.50. The van der Waals surface area contributed by atoms with Crippen LogP contribution < -0.4 is 4.74 Å². The van der Waals surface area contributed by atoms with E-state index in [4.69, 9.17) is 17.0 Å². The minimum atomic E-state index is 0.159. The van der Waals surface area contributed by atoms with E-state index in [0.29, 0.717) is 10.7 Å². The van der Waals surface area contributed by atoms with Gasteiger partial charge in [-0.05, 0) is 30.3 Å². The van der Waals surface area contributed by atoms with Gasteiger partial charge in [-0.1, -0.05) is 37.3 Å². The minimum absolute atomic E-state index is 0.159. The highest BCUT2D eigenvalue weighted by molar-refractivity contribution is 7.71. The van der Waals surface area contributed by atoms with Crippen molar-refractivity contribution in [3.63, 3.8) is 0 Å². The molecule has 2 heterocycles. The fraction of sp³-hybridized carbons (Fsp3) is 0.250. The molecular weight excluding hydrogens is 282 g/mol. The normalized spacial score (nSPS) is 12.5. The first kappa shape index (κ1) is 13.8. The van der Waals surface area contributed by atoms with Crippen molar-refractivity contribution in [1.82, 2.24) is 14.5 Å². The van der Waals surface area contributed by atoms with Crippen LogP contribution in [0.3, 0.4) is 0 Å². The van der Waals surface area contributed by atoms with Gasteiger partial charge in [-0.15, -0.1) is 0 Å². The van der Waals surface area contributed by atoms with Gasteiger partial charge in [0.1, 0.15) is 0 Å². The maximum Gasteiger partial charge on any atom is 0.215 e. The smallest absolute Gasteiger partial charge is 0.215 e. The number of imidazole rings is 1. The number of rotatable bonds is 4. The first-order valence-electron chi connectivity index (χ1n) is 6.94. The molecule has 0 spiro atoms. The molecule has 108 valence electrons. The van der Waals surface area contributed by atoms with E-state index < -0.39 is 0 Å². The van der Waals surface area contributed by atoms with Crippen molar-refractivity contribution in [2.24, 2.45) is 0 Å². The fourth-order valence-electron chi connectivity index (χ4n) is 2.63. The molecule has 0 radical (unpaired) electrons. The van der Waals surface area contributed by atoms with E-state index in [1.54, 1.807) is 7.11 Å². The first-order chi connectivity index (χ1) is 10.2. The van der Waals surface area contributed by atoms with Crippen molar-refractivity contribution in [2.75, 3.05) is 7.11 Å². The number of pyridine rings is 1. The maximum absolute atomic E-state index is 5.50. The number of hydrogen-bond donors (Lipinski definition) is 1. The predicted octanol–water partition coefficient (Wildman–Crippen LogP) is 4.10. The SMILES string of the molecule is CCC(c1ccccc1)n1c(=S)[nH]c2ccc(OC)nc21. The monoisotopic (exact) mass is 299 g/mol. The van der Waals surface area contributed by atoms with E-state index in [9.17, 15) is 0 Å². The summed E-state index contributed by atoms with van der Waals surface area (Å²) in [5.41, 5.74) is 2.98. The summed E-state index contributed by atoms with van der Waals surface area (Å²) >= 11 is 5.50. The van der Waals surface area contributed by atoms with Gasteiger partial charge in [0.15, 0.2) is 10.4 Å². The van der Waals surface area contributed by atoms with Crippen molar-refractivity contribution in [3.05, 3.63) is 52.8 Å². The third-order valence-electron chi connectivity index (χ3n) is 3.63. The summed E-state index contributed by atoms with van der Waals surface area (Å²) in [6.45, 7) is 2.15. The van der Waals surface area contributed by atoms with Crippen LogP contribution in [0, 0.1) is 4.77 Å². The number of ether oxygens (including phenoxy) is 1. The molecule has 5 heteroatoms. The molecule has 0 fully saturated rings. The Labute approximate surface area is 128 Å². The molecule has 3 rings (SSSR count). The zero-order valence-corrected chi connectivity index (χ0v) is 12.9. The van der Waals surface area contributed by atoms with Crippen molar-refractivity contribution in [3.8, 4) is 5.88 Å². The second kappa shape index (κ2) is 5.69. The van der Waals surface area contributed by atoms with Crippen LogP contribution in [-0.4, -0.2) is 21.6 Å². The lowest BCUT2D eigenvalue weighted by molar-refractivity contribution is 0.398. The molecule has 2 aromatic heterocycles. The van der Waals surface area contributed by atoms with E-state index >= 15 is 0 Å². The largest absolute Gasteiger partial charge is 0.481 e. The van der Waals surface area contributed by atoms with E-state index in [1.807, 2.05) is 30.3 Å². The molecule has 3 aromatic rings. The Bertz CT molecular complexity index is 807. The number of hydrogen-bond acceptors (Lipinski definition) is 3. The van der Waals surface area contributed by atoms with Crippen molar-refractivity contribution >= 4 is 23.4 Å². The highest BCUT2D eigenvalue weighted by atomic mass is 32.1. The molecule has 0 saturated heterocycles. The number of H-pyrrole nitrogens is 1. The second-order valence-electron chi connectivity index (χ2n) is 4.86. The summed E-state index contributed by atoms with van der Waals surface area (Å²) < 4.78 is 7.99. The average molecular weight is 299 g/mol. The zero-order valence-electron chi connectivity index (χ0n) is 12.0. The van der Waals surface area contributed by atoms with Crippen LogP contribution in [-0.2, 0) is 0 Å². The summed E-state index contributed by atoms with van der Waals surface area (Å²) in [6.07, 6.45) is 0.935. The molecule has 0 saturated carbocycles. The van der Waals surface area contributed by atoms with Crippen molar-refractivity contribution in [1.29, 1.82) is 0 Å². The Hall–Kier alpha value is -2.14. The molecule has 1 N–H and O–H groups in total. The molecular formula is C16H17N3OS. The van der Waals surface area contributed by atoms with Crippen LogP contribution in [0.25, 0.3) is 11.2 Å². The number of benzene rings is 1. The van der Waals surface area contributed by atoms with Crippen LogP contribution in [0.2, 0.25) is 0 Å². The standard InChI is InChI=1S/C16H17N3OS/c1-3-13(11-7-5-4-6-8-11)19-15-12(17-16(19)21)9-10-14(18-15)20-2/h4-10,13H,3H2,1-2H3,(H,17,21). The Balaban J connectivity index is 2.22. The van der Waals surface area contributed by atoms with Crippen LogP contribution in [0.15, 0.2) is 42.5 Å². The third kappa shape index (κ3) is 2.45. The lowest BCUT2D eigenvalue weighted by Gasteiger charge is -2.18.